The third-order valence-corrected chi connectivity index (χ3v) is 10.1. The van der Waals surface area contributed by atoms with Crippen LogP contribution in [0.1, 0.15) is 59.3 Å². The molecule has 2 atom stereocenters. The van der Waals surface area contributed by atoms with Gasteiger partial charge in [-0.2, -0.15) is 0 Å². The van der Waals surface area contributed by atoms with E-state index < -0.39 is 8.32 Å². The van der Waals surface area contributed by atoms with Crippen LogP contribution in [0.4, 0.5) is 0 Å². The van der Waals surface area contributed by atoms with E-state index in [-0.39, 0.29) is 23.0 Å². The number of rotatable bonds is 5. The minimum Gasteiger partial charge on any atom is -0.411 e. The smallest absolute Gasteiger partial charge is 0.192 e. The summed E-state index contributed by atoms with van der Waals surface area (Å²) >= 11 is 0. The second-order valence-electron chi connectivity index (χ2n) is 8.38. The molecule has 2 rings (SSSR count). The first-order valence-corrected chi connectivity index (χ1v) is 11.7. The van der Waals surface area contributed by atoms with Crippen LogP contribution in [0.5, 0.6) is 0 Å². The summed E-state index contributed by atoms with van der Waals surface area (Å²) in [5, 5.41) is 0.203. The molecule has 0 N–H and O–H groups in total. The average Bonchev–Trinajstić information content (AvgIpc) is 2.81. The molecule has 1 saturated carbocycles. The first kappa shape index (κ1) is 18.2. The highest BCUT2D eigenvalue weighted by Crippen LogP contribution is 2.42. The van der Waals surface area contributed by atoms with Crippen LogP contribution in [-0.4, -0.2) is 32.9 Å². The van der Waals surface area contributed by atoms with Crippen LogP contribution in [0.3, 0.4) is 0 Å². The van der Waals surface area contributed by atoms with Crippen molar-refractivity contribution in [1.29, 1.82) is 0 Å². The Labute approximate surface area is 137 Å². The summed E-state index contributed by atoms with van der Waals surface area (Å²) in [6.07, 6.45) is 8.68. The van der Waals surface area contributed by atoms with E-state index in [0.717, 1.165) is 19.3 Å². The summed E-state index contributed by atoms with van der Waals surface area (Å²) in [5.74, 6) is -0.320. The van der Waals surface area contributed by atoms with E-state index >= 15 is 0 Å². The Hall–Kier alpha value is -0.163. The third-order valence-electron chi connectivity index (χ3n) is 5.56. The van der Waals surface area contributed by atoms with Crippen LogP contribution in [0.25, 0.3) is 0 Å². The van der Waals surface area contributed by atoms with Gasteiger partial charge in [0.15, 0.2) is 14.1 Å². The summed E-state index contributed by atoms with van der Waals surface area (Å²) in [7, 11) is -1.82. The van der Waals surface area contributed by atoms with Gasteiger partial charge in [0.1, 0.15) is 6.10 Å². The highest BCUT2D eigenvalue weighted by molar-refractivity contribution is 6.74. The van der Waals surface area contributed by atoms with Gasteiger partial charge in [0.05, 0.1) is 12.7 Å². The molecule has 0 bridgehead atoms. The maximum Gasteiger partial charge on any atom is 0.192 e. The van der Waals surface area contributed by atoms with Crippen molar-refractivity contribution >= 4 is 8.32 Å². The fourth-order valence-corrected chi connectivity index (χ4v) is 4.47. The van der Waals surface area contributed by atoms with Crippen molar-refractivity contribution in [2.75, 3.05) is 6.61 Å². The summed E-state index contributed by atoms with van der Waals surface area (Å²) in [6.45, 7) is 16.0. The summed E-state index contributed by atoms with van der Waals surface area (Å²) in [5.41, 5.74) is 0. The lowest BCUT2D eigenvalue weighted by atomic mass is 9.94. The standard InChI is InChI=1S/C18H34O3Si/c1-7-11-15(21-22(5,6)17(2,3)4)16-14-19-18(20-16)12-9-8-10-13-18/h7,15-16H,1,8-14H2,2-6H3/t15?,16-/m1/s1. The maximum atomic E-state index is 6.62. The molecule has 1 heterocycles. The van der Waals surface area contributed by atoms with Crippen molar-refractivity contribution in [1.82, 2.24) is 0 Å². The van der Waals surface area contributed by atoms with E-state index in [9.17, 15) is 0 Å². The zero-order valence-corrected chi connectivity index (χ0v) is 16.1. The fraction of sp³-hybridized carbons (Fsp3) is 0.889. The zero-order chi connectivity index (χ0) is 16.4. The van der Waals surface area contributed by atoms with Crippen LogP contribution in [0.15, 0.2) is 12.7 Å². The van der Waals surface area contributed by atoms with Crippen molar-refractivity contribution in [3.8, 4) is 0 Å². The molecule has 0 radical (unpaired) electrons. The molecule has 1 spiro atoms. The Balaban J connectivity index is 2.04. The van der Waals surface area contributed by atoms with Gasteiger partial charge in [-0.25, -0.2) is 0 Å². The Morgan fingerprint density at radius 1 is 1.27 bits per heavy atom. The number of ether oxygens (including phenoxy) is 2. The van der Waals surface area contributed by atoms with Gasteiger partial charge in [0, 0.05) is 12.8 Å². The molecule has 1 unspecified atom stereocenters. The van der Waals surface area contributed by atoms with Crippen molar-refractivity contribution in [3.05, 3.63) is 12.7 Å². The molecule has 1 aliphatic heterocycles. The molecule has 1 aliphatic carbocycles. The minimum atomic E-state index is -1.82. The van der Waals surface area contributed by atoms with Crippen molar-refractivity contribution in [2.45, 2.75) is 95.4 Å². The molecule has 2 aliphatic rings. The van der Waals surface area contributed by atoms with E-state index in [2.05, 4.69) is 40.4 Å². The first-order chi connectivity index (χ1) is 10.2. The molecule has 22 heavy (non-hydrogen) atoms. The van der Waals surface area contributed by atoms with Gasteiger partial charge in [-0.15, -0.1) is 6.58 Å². The maximum absolute atomic E-state index is 6.62. The fourth-order valence-electron chi connectivity index (χ4n) is 3.11. The van der Waals surface area contributed by atoms with Crippen LogP contribution < -0.4 is 0 Å². The Morgan fingerprint density at radius 3 is 2.45 bits per heavy atom. The molecule has 4 heteroatoms. The van der Waals surface area contributed by atoms with Crippen molar-refractivity contribution in [3.63, 3.8) is 0 Å². The van der Waals surface area contributed by atoms with E-state index in [1.807, 2.05) is 6.08 Å². The topological polar surface area (TPSA) is 27.7 Å². The highest BCUT2D eigenvalue weighted by atomic mass is 28.4. The molecule has 128 valence electrons. The van der Waals surface area contributed by atoms with Crippen LogP contribution in [-0.2, 0) is 13.9 Å². The predicted octanol–water partition coefficient (Wildman–Crippen LogP) is 5.03. The van der Waals surface area contributed by atoms with Crippen molar-refractivity contribution < 1.29 is 13.9 Å². The molecular weight excluding hydrogens is 292 g/mol. The summed E-state index contributed by atoms with van der Waals surface area (Å²) < 4.78 is 19.1. The molecule has 0 aromatic rings. The second-order valence-corrected chi connectivity index (χ2v) is 13.1. The first-order valence-electron chi connectivity index (χ1n) is 8.80. The Kier molecular flexibility index (Phi) is 5.58. The van der Waals surface area contributed by atoms with Gasteiger partial charge < -0.3 is 13.9 Å². The van der Waals surface area contributed by atoms with Crippen LogP contribution >= 0.6 is 0 Å². The van der Waals surface area contributed by atoms with Gasteiger partial charge in [0.25, 0.3) is 0 Å². The monoisotopic (exact) mass is 326 g/mol. The van der Waals surface area contributed by atoms with E-state index in [1.165, 1.54) is 19.3 Å². The molecule has 3 nitrogen and oxygen atoms in total. The lowest BCUT2D eigenvalue weighted by Gasteiger charge is -2.40. The van der Waals surface area contributed by atoms with Gasteiger partial charge in [-0.05, 0) is 37.4 Å². The van der Waals surface area contributed by atoms with Crippen LogP contribution in [0, 0.1) is 0 Å². The molecule has 0 aromatic carbocycles. The van der Waals surface area contributed by atoms with Gasteiger partial charge in [0.2, 0.25) is 0 Å². The summed E-state index contributed by atoms with van der Waals surface area (Å²) in [6, 6.07) is 0. The Bertz CT molecular complexity index is 380. The Morgan fingerprint density at radius 2 is 1.91 bits per heavy atom. The quantitative estimate of drug-likeness (QED) is 0.524. The average molecular weight is 327 g/mol. The molecule has 0 amide bonds. The molecule has 1 saturated heterocycles. The summed E-state index contributed by atoms with van der Waals surface area (Å²) in [4.78, 5) is 0. The van der Waals surface area contributed by atoms with Crippen molar-refractivity contribution in [2.24, 2.45) is 0 Å². The van der Waals surface area contributed by atoms with Gasteiger partial charge >= 0.3 is 0 Å². The van der Waals surface area contributed by atoms with E-state index in [4.69, 9.17) is 13.9 Å². The van der Waals surface area contributed by atoms with Gasteiger partial charge in [-0.1, -0.05) is 33.3 Å². The second kappa shape index (κ2) is 6.76. The SMILES string of the molecule is C=CCC(O[Si](C)(C)C(C)(C)C)[C@H]1COC2(CCCCC2)O1. The zero-order valence-electron chi connectivity index (χ0n) is 15.1. The molecule has 2 fully saturated rings. The molecular formula is C18H34O3Si. The minimum absolute atomic E-state index is 0.0465. The highest BCUT2D eigenvalue weighted by Gasteiger charge is 2.47. The normalized spacial score (nSPS) is 27.0. The third kappa shape index (κ3) is 4.02. The van der Waals surface area contributed by atoms with E-state index in [1.54, 1.807) is 0 Å². The van der Waals surface area contributed by atoms with Gasteiger partial charge in [-0.3, -0.25) is 0 Å². The van der Waals surface area contributed by atoms with Crippen LogP contribution in [0.2, 0.25) is 18.1 Å². The largest absolute Gasteiger partial charge is 0.411 e. The number of hydrogen-bond donors (Lipinski definition) is 0. The lowest BCUT2D eigenvalue weighted by molar-refractivity contribution is -0.194. The number of hydrogen-bond acceptors (Lipinski definition) is 3. The predicted molar refractivity (Wildman–Crippen MR) is 93.5 cm³/mol. The lowest BCUT2D eigenvalue weighted by Crippen LogP contribution is -2.48. The molecule has 0 aromatic heterocycles. The van der Waals surface area contributed by atoms with E-state index in [0.29, 0.717) is 6.61 Å².